The van der Waals surface area contributed by atoms with Gasteiger partial charge in [0.1, 0.15) is 29.6 Å². The van der Waals surface area contributed by atoms with E-state index in [9.17, 15) is 14.3 Å². The van der Waals surface area contributed by atoms with Crippen molar-refractivity contribution in [3.63, 3.8) is 0 Å². The summed E-state index contributed by atoms with van der Waals surface area (Å²) < 4.78 is 21.1. The number of aromatic carboxylic acids is 1. The largest absolute Gasteiger partial charge is 0.485 e. The number of imidazole rings is 1. The van der Waals surface area contributed by atoms with E-state index in [2.05, 4.69) is 0 Å². The van der Waals surface area contributed by atoms with Gasteiger partial charge in [0.2, 0.25) is 0 Å². The number of carbonyl (C=O) groups is 1. The highest BCUT2D eigenvalue weighted by Crippen LogP contribution is 2.23. The van der Waals surface area contributed by atoms with Crippen LogP contribution in [-0.4, -0.2) is 20.6 Å². The number of benzene rings is 3. The molecule has 0 aliphatic carbocycles. The van der Waals surface area contributed by atoms with Crippen molar-refractivity contribution in [1.29, 1.82) is 0 Å². The highest BCUT2D eigenvalue weighted by Gasteiger charge is 2.15. The summed E-state index contributed by atoms with van der Waals surface area (Å²) in [4.78, 5) is 16.1. The second-order valence-electron chi connectivity index (χ2n) is 6.82. The zero-order chi connectivity index (χ0) is 20.4. The highest BCUT2D eigenvalue weighted by atomic mass is 19.1. The third-order valence-electron chi connectivity index (χ3n) is 4.71. The lowest BCUT2D eigenvalue weighted by atomic mass is 10.2. The van der Waals surface area contributed by atoms with Crippen LogP contribution in [0.5, 0.6) is 5.75 Å². The van der Waals surface area contributed by atoms with Crippen LogP contribution >= 0.6 is 0 Å². The standard InChI is InChI=1S/C23H19FN2O3/c1-15-6-11-20-19(12-15)25-22(26(20)13-16-7-9-17(24)10-8-16)14-29-21-5-3-2-4-18(21)23(27)28/h2-12H,13-14H2,1H3,(H,27,28). The van der Waals surface area contributed by atoms with Crippen molar-refractivity contribution in [3.8, 4) is 5.75 Å². The van der Waals surface area contributed by atoms with E-state index < -0.39 is 5.97 Å². The number of halogens is 1. The summed E-state index contributed by atoms with van der Waals surface area (Å²) in [5.41, 5.74) is 3.89. The van der Waals surface area contributed by atoms with Crippen molar-refractivity contribution >= 4 is 17.0 Å². The molecule has 0 unspecified atom stereocenters. The Labute approximate surface area is 167 Å². The average molecular weight is 390 g/mol. The maximum Gasteiger partial charge on any atom is 0.339 e. The van der Waals surface area contributed by atoms with Gasteiger partial charge in [-0.1, -0.05) is 30.3 Å². The lowest BCUT2D eigenvalue weighted by Crippen LogP contribution is -2.10. The van der Waals surface area contributed by atoms with E-state index in [1.165, 1.54) is 18.2 Å². The molecular weight excluding hydrogens is 371 g/mol. The van der Waals surface area contributed by atoms with Crippen molar-refractivity contribution in [3.05, 3.63) is 95.1 Å². The quantitative estimate of drug-likeness (QED) is 0.513. The number of fused-ring (bicyclic) bond motifs is 1. The number of aromatic nitrogens is 2. The summed E-state index contributed by atoms with van der Waals surface area (Å²) in [5.74, 6) is -0.378. The summed E-state index contributed by atoms with van der Waals surface area (Å²) in [6.45, 7) is 2.61. The van der Waals surface area contributed by atoms with E-state index in [1.807, 2.05) is 29.7 Å². The van der Waals surface area contributed by atoms with Gasteiger partial charge < -0.3 is 14.4 Å². The smallest absolute Gasteiger partial charge is 0.339 e. The van der Waals surface area contributed by atoms with E-state index >= 15 is 0 Å². The second kappa shape index (κ2) is 7.75. The van der Waals surface area contributed by atoms with Crippen LogP contribution in [0.15, 0.2) is 66.7 Å². The molecule has 3 aromatic carbocycles. The highest BCUT2D eigenvalue weighted by molar-refractivity contribution is 5.90. The summed E-state index contributed by atoms with van der Waals surface area (Å²) in [5, 5.41) is 9.35. The zero-order valence-corrected chi connectivity index (χ0v) is 15.8. The molecule has 0 atom stereocenters. The minimum absolute atomic E-state index is 0.101. The lowest BCUT2D eigenvalue weighted by Gasteiger charge is -2.12. The monoisotopic (exact) mass is 390 g/mol. The van der Waals surface area contributed by atoms with E-state index in [-0.39, 0.29) is 23.7 Å². The minimum atomic E-state index is -1.05. The summed E-state index contributed by atoms with van der Waals surface area (Å²) in [6.07, 6.45) is 0. The number of hydrogen-bond acceptors (Lipinski definition) is 3. The molecule has 0 aliphatic rings. The Hall–Kier alpha value is -3.67. The fraction of sp³-hybridized carbons (Fsp3) is 0.130. The van der Waals surface area contributed by atoms with Gasteiger partial charge >= 0.3 is 5.97 Å². The molecule has 5 nitrogen and oxygen atoms in total. The Bertz CT molecular complexity index is 1180. The molecule has 0 fully saturated rings. The number of nitrogens with zero attached hydrogens (tertiary/aromatic N) is 2. The second-order valence-corrected chi connectivity index (χ2v) is 6.82. The third kappa shape index (κ3) is 3.96. The van der Waals surface area contributed by atoms with Crippen LogP contribution in [0.2, 0.25) is 0 Å². The molecule has 0 aliphatic heterocycles. The Morgan fingerprint density at radius 3 is 2.62 bits per heavy atom. The molecule has 0 saturated heterocycles. The van der Waals surface area contributed by atoms with Crippen LogP contribution < -0.4 is 4.74 Å². The molecule has 0 spiro atoms. The first kappa shape index (κ1) is 18.7. The van der Waals surface area contributed by atoms with Gasteiger partial charge in [-0.3, -0.25) is 0 Å². The van der Waals surface area contributed by atoms with Gasteiger partial charge in [-0.2, -0.15) is 0 Å². The van der Waals surface area contributed by atoms with Crippen molar-refractivity contribution in [2.75, 3.05) is 0 Å². The number of hydrogen-bond donors (Lipinski definition) is 1. The van der Waals surface area contributed by atoms with Gasteiger partial charge in [-0.15, -0.1) is 0 Å². The van der Waals surface area contributed by atoms with Crippen LogP contribution in [0.25, 0.3) is 11.0 Å². The Kier molecular flexibility index (Phi) is 4.99. The van der Waals surface area contributed by atoms with Crippen molar-refractivity contribution in [2.24, 2.45) is 0 Å². The van der Waals surface area contributed by atoms with Gasteiger partial charge in [0.05, 0.1) is 11.0 Å². The van der Waals surface area contributed by atoms with Crippen LogP contribution in [0, 0.1) is 12.7 Å². The number of carboxylic acids is 1. The first-order valence-electron chi connectivity index (χ1n) is 9.16. The molecule has 6 heteroatoms. The fourth-order valence-electron chi connectivity index (χ4n) is 3.26. The van der Waals surface area contributed by atoms with Crippen LogP contribution in [0.3, 0.4) is 0 Å². The predicted molar refractivity (Wildman–Crippen MR) is 108 cm³/mol. The Morgan fingerprint density at radius 2 is 1.86 bits per heavy atom. The van der Waals surface area contributed by atoms with Crippen molar-refractivity contribution in [1.82, 2.24) is 9.55 Å². The molecule has 0 saturated carbocycles. The summed E-state index contributed by atoms with van der Waals surface area (Å²) in [6, 6.07) is 18.8. The van der Waals surface area contributed by atoms with Crippen LogP contribution in [-0.2, 0) is 13.2 Å². The molecule has 0 bridgehead atoms. The fourth-order valence-corrected chi connectivity index (χ4v) is 3.26. The molecule has 146 valence electrons. The molecule has 1 heterocycles. The maximum absolute atomic E-state index is 13.3. The maximum atomic E-state index is 13.3. The topological polar surface area (TPSA) is 64.3 Å². The molecule has 1 N–H and O–H groups in total. The van der Waals surface area contributed by atoms with E-state index in [1.54, 1.807) is 30.3 Å². The molecule has 4 rings (SSSR count). The third-order valence-corrected chi connectivity index (χ3v) is 4.71. The Morgan fingerprint density at radius 1 is 1.10 bits per heavy atom. The van der Waals surface area contributed by atoms with Gasteiger partial charge in [-0.05, 0) is 54.4 Å². The molecule has 1 aromatic heterocycles. The molecule has 0 amide bonds. The van der Waals surface area contributed by atoms with E-state index in [0.717, 1.165) is 22.2 Å². The van der Waals surface area contributed by atoms with Crippen LogP contribution in [0.4, 0.5) is 4.39 Å². The molecule has 0 radical (unpaired) electrons. The van der Waals surface area contributed by atoms with Gasteiger partial charge in [-0.25, -0.2) is 14.2 Å². The first-order chi connectivity index (χ1) is 14.0. The van der Waals surface area contributed by atoms with E-state index in [0.29, 0.717) is 12.4 Å². The molecular formula is C23H19FN2O3. The first-order valence-corrected chi connectivity index (χ1v) is 9.16. The number of aryl methyl sites for hydroxylation is 1. The Balaban J connectivity index is 1.69. The predicted octanol–water partition coefficient (Wildman–Crippen LogP) is 4.81. The molecule has 29 heavy (non-hydrogen) atoms. The summed E-state index contributed by atoms with van der Waals surface area (Å²) >= 11 is 0. The number of carboxylic acid groups (broad SMARTS) is 1. The lowest BCUT2D eigenvalue weighted by molar-refractivity contribution is 0.0691. The van der Waals surface area contributed by atoms with Gasteiger partial charge in [0.25, 0.3) is 0 Å². The molecule has 4 aromatic rings. The van der Waals surface area contributed by atoms with E-state index in [4.69, 9.17) is 9.72 Å². The zero-order valence-electron chi connectivity index (χ0n) is 15.8. The van der Waals surface area contributed by atoms with Gasteiger partial charge in [0, 0.05) is 6.54 Å². The van der Waals surface area contributed by atoms with Crippen molar-refractivity contribution < 1.29 is 19.0 Å². The van der Waals surface area contributed by atoms with Crippen molar-refractivity contribution in [2.45, 2.75) is 20.1 Å². The normalized spacial score (nSPS) is 11.0. The SMILES string of the molecule is Cc1ccc2c(c1)nc(COc1ccccc1C(=O)O)n2Cc1ccc(F)cc1. The number of rotatable bonds is 6. The summed E-state index contributed by atoms with van der Waals surface area (Å²) in [7, 11) is 0. The minimum Gasteiger partial charge on any atom is -0.485 e. The number of ether oxygens (including phenoxy) is 1. The average Bonchev–Trinajstić information content (AvgIpc) is 3.04. The van der Waals surface area contributed by atoms with Gasteiger partial charge in [0.15, 0.2) is 0 Å². The number of para-hydroxylation sites is 1. The van der Waals surface area contributed by atoms with Crippen LogP contribution in [0.1, 0.15) is 27.3 Å².